The molecular formula is C16H25NO. The molecule has 0 aromatic heterocycles. The van der Waals surface area contributed by atoms with Crippen LogP contribution in [0, 0.1) is 0 Å². The quantitative estimate of drug-likeness (QED) is 0.881. The molecule has 100 valence electrons. The highest BCUT2D eigenvalue weighted by Crippen LogP contribution is 2.20. The average Bonchev–Trinajstić information content (AvgIpc) is 2.62. The third-order valence-corrected chi connectivity index (χ3v) is 4.06. The third-order valence-electron chi connectivity index (χ3n) is 4.06. The Morgan fingerprint density at radius 2 is 2.00 bits per heavy atom. The molecule has 1 N–H and O–H groups in total. The van der Waals surface area contributed by atoms with Gasteiger partial charge in [-0.1, -0.05) is 43.2 Å². The van der Waals surface area contributed by atoms with Crippen LogP contribution in [0.5, 0.6) is 0 Å². The molecule has 2 atom stereocenters. The summed E-state index contributed by atoms with van der Waals surface area (Å²) in [6.07, 6.45) is 5.87. The maximum absolute atomic E-state index is 10.2. The molecule has 0 aliphatic carbocycles. The molecule has 0 radical (unpaired) electrons. The van der Waals surface area contributed by atoms with Gasteiger partial charge in [-0.2, -0.15) is 0 Å². The molecular weight excluding hydrogens is 222 g/mol. The zero-order valence-electron chi connectivity index (χ0n) is 11.4. The predicted octanol–water partition coefficient (Wildman–Crippen LogP) is 3.37. The second-order valence-electron chi connectivity index (χ2n) is 5.45. The predicted molar refractivity (Wildman–Crippen MR) is 75.5 cm³/mol. The number of hydrogen-bond acceptors (Lipinski definition) is 2. The fraction of sp³-hybridized carbons (Fsp3) is 0.625. The number of aliphatic hydroxyl groups is 1. The average molecular weight is 247 g/mol. The van der Waals surface area contributed by atoms with E-state index in [1.807, 2.05) is 30.3 Å². The molecule has 2 heteroatoms. The fourth-order valence-corrected chi connectivity index (χ4v) is 2.80. The largest absolute Gasteiger partial charge is 0.388 e. The van der Waals surface area contributed by atoms with Gasteiger partial charge in [-0.05, 0) is 38.3 Å². The minimum atomic E-state index is -0.318. The molecule has 0 saturated carbocycles. The van der Waals surface area contributed by atoms with Crippen molar-refractivity contribution in [3.8, 4) is 0 Å². The first-order chi connectivity index (χ1) is 8.77. The Bertz CT molecular complexity index is 338. The highest BCUT2D eigenvalue weighted by Gasteiger charge is 2.17. The fourth-order valence-electron chi connectivity index (χ4n) is 2.80. The first-order valence-corrected chi connectivity index (χ1v) is 7.24. The molecule has 1 aliphatic rings. The smallest absolute Gasteiger partial charge is 0.0802 e. The first kappa shape index (κ1) is 13.6. The normalized spacial score (nSPS) is 23.6. The summed E-state index contributed by atoms with van der Waals surface area (Å²) in [7, 11) is 0. The number of benzene rings is 1. The van der Waals surface area contributed by atoms with E-state index in [1.54, 1.807) is 0 Å². The van der Waals surface area contributed by atoms with Crippen molar-refractivity contribution in [1.82, 2.24) is 4.90 Å². The Hall–Kier alpha value is -0.860. The highest BCUT2D eigenvalue weighted by atomic mass is 16.3. The van der Waals surface area contributed by atoms with Gasteiger partial charge in [0, 0.05) is 12.6 Å². The molecule has 1 saturated heterocycles. The molecule has 2 rings (SSSR count). The number of rotatable bonds is 4. The number of likely N-dealkylation sites (tertiary alicyclic amines) is 1. The summed E-state index contributed by atoms with van der Waals surface area (Å²) in [4.78, 5) is 2.54. The zero-order chi connectivity index (χ0) is 12.8. The van der Waals surface area contributed by atoms with Crippen LogP contribution in [0.25, 0.3) is 0 Å². The highest BCUT2D eigenvalue weighted by molar-refractivity contribution is 5.17. The van der Waals surface area contributed by atoms with Crippen LogP contribution >= 0.6 is 0 Å². The molecule has 2 nitrogen and oxygen atoms in total. The Morgan fingerprint density at radius 3 is 2.78 bits per heavy atom. The van der Waals surface area contributed by atoms with Gasteiger partial charge >= 0.3 is 0 Å². The molecule has 18 heavy (non-hydrogen) atoms. The molecule has 1 heterocycles. The first-order valence-electron chi connectivity index (χ1n) is 7.24. The Balaban J connectivity index is 1.83. The van der Waals surface area contributed by atoms with Crippen molar-refractivity contribution in [3.63, 3.8) is 0 Å². The second-order valence-corrected chi connectivity index (χ2v) is 5.45. The summed E-state index contributed by atoms with van der Waals surface area (Å²) in [6, 6.07) is 10.7. The molecule has 1 aromatic rings. The van der Waals surface area contributed by atoms with Crippen molar-refractivity contribution >= 4 is 0 Å². The molecule has 1 fully saturated rings. The molecule has 1 aromatic carbocycles. The monoisotopic (exact) mass is 247 g/mol. The minimum absolute atomic E-state index is 0.318. The van der Waals surface area contributed by atoms with Gasteiger partial charge in [-0.3, -0.25) is 0 Å². The third kappa shape index (κ3) is 3.82. The lowest BCUT2D eigenvalue weighted by atomic mass is 10.1. The van der Waals surface area contributed by atoms with E-state index in [-0.39, 0.29) is 6.10 Å². The van der Waals surface area contributed by atoms with Gasteiger partial charge in [0.05, 0.1) is 6.10 Å². The summed E-state index contributed by atoms with van der Waals surface area (Å²) < 4.78 is 0. The van der Waals surface area contributed by atoms with Crippen LogP contribution in [-0.4, -0.2) is 29.1 Å². The molecule has 0 bridgehead atoms. The van der Waals surface area contributed by atoms with E-state index in [0.29, 0.717) is 6.04 Å². The van der Waals surface area contributed by atoms with E-state index in [1.165, 1.54) is 32.2 Å². The van der Waals surface area contributed by atoms with E-state index in [2.05, 4.69) is 11.8 Å². The molecule has 1 aliphatic heterocycles. The lowest BCUT2D eigenvalue weighted by molar-refractivity contribution is 0.128. The van der Waals surface area contributed by atoms with E-state index in [4.69, 9.17) is 0 Å². The van der Waals surface area contributed by atoms with Crippen LogP contribution in [0.3, 0.4) is 0 Å². The van der Waals surface area contributed by atoms with Gasteiger partial charge in [-0.15, -0.1) is 0 Å². The van der Waals surface area contributed by atoms with Crippen LogP contribution < -0.4 is 0 Å². The van der Waals surface area contributed by atoms with Gasteiger partial charge in [0.1, 0.15) is 0 Å². The number of nitrogens with zero attached hydrogens (tertiary/aromatic N) is 1. The standard InChI is InChI=1S/C16H25NO/c1-14-8-4-3-7-12-17(14)13-11-16(18)15-9-5-2-6-10-15/h2,5-6,9-10,14,16,18H,3-4,7-8,11-13H2,1H3/t14-,16-/m0/s1. The van der Waals surface area contributed by atoms with Crippen LogP contribution in [0.4, 0.5) is 0 Å². The van der Waals surface area contributed by atoms with E-state index < -0.39 is 0 Å². The minimum Gasteiger partial charge on any atom is -0.388 e. The summed E-state index contributed by atoms with van der Waals surface area (Å²) in [5.74, 6) is 0. The maximum Gasteiger partial charge on any atom is 0.0802 e. The van der Waals surface area contributed by atoms with Crippen molar-refractivity contribution in [2.75, 3.05) is 13.1 Å². The topological polar surface area (TPSA) is 23.5 Å². The van der Waals surface area contributed by atoms with Crippen molar-refractivity contribution in [3.05, 3.63) is 35.9 Å². The van der Waals surface area contributed by atoms with E-state index in [0.717, 1.165) is 18.5 Å². The SMILES string of the molecule is C[C@H]1CCCCCN1CC[C@H](O)c1ccccc1. The Morgan fingerprint density at radius 1 is 1.22 bits per heavy atom. The summed E-state index contributed by atoms with van der Waals surface area (Å²) in [5, 5.41) is 10.2. The van der Waals surface area contributed by atoms with E-state index in [9.17, 15) is 5.11 Å². The maximum atomic E-state index is 10.2. The molecule has 0 spiro atoms. The lowest BCUT2D eigenvalue weighted by Gasteiger charge is -2.27. The summed E-state index contributed by atoms with van der Waals surface area (Å²) in [5.41, 5.74) is 1.04. The van der Waals surface area contributed by atoms with Crippen LogP contribution in [0.1, 0.15) is 50.7 Å². The van der Waals surface area contributed by atoms with Gasteiger partial charge in [-0.25, -0.2) is 0 Å². The Kier molecular flexibility index (Phi) is 5.21. The second kappa shape index (κ2) is 6.91. The van der Waals surface area contributed by atoms with Crippen LogP contribution in [0.15, 0.2) is 30.3 Å². The van der Waals surface area contributed by atoms with Crippen molar-refractivity contribution in [2.24, 2.45) is 0 Å². The van der Waals surface area contributed by atoms with Gasteiger partial charge < -0.3 is 10.0 Å². The summed E-state index contributed by atoms with van der Waals surface area (Å²) >= 11 is 0. The number of hydrogen-bond donors (Lipinski definition) is 1. The van der Waals surface area contributed by atoms with Crippen LogP contribution in [0.2, 0.25) is 0 Å². The van der Waals surface area contributed by atoms with Gasteiger partial charge in [0.25, 0.3) is 0 Å². The zero-order valence-corrected chi connectivity index (χ0v) is 11.4. The van der Waals surface area contributed by atoms with Crippen LogP contribution in [-0.2, 0) is 0 Å². The summed E-state index contributed by atoms with van der Waals surface area (Å²) in [6.45, 7) is 4.53. The van der Waals surface area contributed by atoms with Crippen molar-refractivity contribution in [2.45, 2.75) is 51.2 Å². The van der Waals surface area contributed by atoms with Crippen molar-refractivity contribution in [1.29, 1.82) is 0 Å². The van der Waals surface area contributed by atoms with Gasteiger partial charge in [0.2, 0.25) is 0 Å². The van der Waals surface area contributed by atoms with Crippen molar-refractivity contribution < 1.29 is 5.11 Å². The van der Waals surface area contributed by atoms with Gasteiger partial charge in [0.15, 0.2) is 0 Å². The van der Waals surface area contributed by atoms with E-state index >= 15 is 0 Å². The molecule has 0 amide bonds. The molecule has 0 unspecified atom stereocenters. The number of aliphatic hydroxyl groups excluding tert-OH is 1. The lowest BCUT2D eigenvalue weighted by Crippen LogP contribution is -2.34. The Labute approximate surface area is 111 Å².